The van der Waals surface area contributed by atoms with Crippen LogP contribution in [0.1, 0.15) is 43.2 Å². The van der Waals surface area contributed by atoms with E-state index in [1.165, 1.54) is 25.3 Å². The molecule has 17 heavy (non-hydrogen) atoms. The predicted molar refractivity (Wildman–Crippen MR) is 67.4 cm³/mol. The van der Waals surface area contributed by atoms with Crippen molar-refractivity contribution in [2.45, 2.75) is 51.6 Å². The molecular formula is C15H21FO. The second-order valence-corrected chi connectivity index (χ2v) is 5.24. The summed E-state index contributed by atoms with van der Waals surface area (Å²) in [6, 6.07) is 4.83. The summed E-state index contributed by atoms with van der Waals surface area (Å²) in [6.07, 6.45) is 6.46. The molecule has 1 aromatic carbocycles. The van der Waals surface area contributed by atoms with Crippen LogP contribution < -0.4 is 0 Å². The lowest BCUT2D eigenvalue weighted by Crippen LogP contribution is -2.25. The number of aryl methyl sites for hydroxylation is 1. The molecule has 0 aromatic heterocycles. The number of hydrogen-bond acceptors (Lipinski definition) is 1. The quantitative estimate of drug-likeness (QED) is 0.850. The highest BCUT2D eigenvalue weighted by molar-refractivity contribution is 5.27. The lowest BCUT2D eigenvalue weighted by atomic mass is 9.83. The van der Waals surface area contributed by atoms with Crippen molar-refractivity contribution in [3.05, 3.63) is 35.1 Å². The van der Waals surface area contributed by atoms with Crippen LogP contribution >= 0.6 is 0 Å². The summed E-state index contributed by atoms with van der Waals surface area (Å²) in [6.45, 7) is 1.91. The van der Waals surface area contributed by atoms with Crippen LogP contribution in [0.2, 0.25) is 0 Å². The molecule has 0 saturated heterocycles. The fraction of sp³-hybridized carbons (Fsp3) is 0.600. The van der Waals surface area contributed by atoms with Crippen molar-refractivity contribution in [3.8, 4) is 0 Å². The molecule has 0 amide bonds. The Morgan fingerprint density at radius 2 is 2.00 bits per heavy atom. The van der Waals surface area contributed by atoms with Crippen molar-refractivity contribution >= 4 is 0 Å². The molecule has 2 heteroatoms. The zero-order chi connectivity index (χ0) is 12.3. The highest BCUT2D eigenvalue weighted by Gasteiger charge is 2.22. The van der Waals surface area contributed by atoms with E-state index in [0.29, 0.717) is 12.3 Å². The molecule has 1 atom stereocenters. The maximum atomic E-state index is 13.0. The van der Waals surface area contributed by atoms with Crippen LogP contribution in [0.4, 0.5) is 4.39 Å². The summed E-state index contributed by atoms with van der Waals surface area (Å²) in [5.41, 5.74) is 2.02. The lowest BCUT2D eigenvalue weighted by molar-refractivity contribution is 0.0849. The Balaban J connectivity index is 1.99. The first-order chi connectivity index (χ1) is 8.16. The molecule has 0 bridgehead atoms. The fourth-order valence-electron chi connectivity index (χ4n) is 2.80. The van der Waals surface area contributed by atoms with E-state index in [2.05, 4.69) is 0 Å². The Hall–Kier alpha value is -0.890. The largest absolute Gasteiger partial charge is 0.392 e. The summed E-state index contributed by atoms with van der Waals surface area (Å²) in [5, 5.41) is 10.2. The average Bonchev–Trinajstić information content (AvgIpc) is 2.34. The minimum Gasteiger partial charge on any atom is -0.392 e. The van der Waals surface area contributed by atoms with Gasteiger partial charge in [-0.25, -0.2) is 4.39 Å². The molecule has 1 saturated carbocycles. The zero-order valence-electron chi connectivity index (χ0n) is 10.5. The van der Waals surface area contributed by atoms with E-state index in [9.17, 15) is 9.50 Å². The Morgan fingerprint density at radius 3 is 2.65 bits per heavy atom. The van der Waals surface area contributed by atoms with Crippen LogP contribution in [0.5, 0.6) is 0 Å². The van der Waals surface area contributed by atoms with E-state index in [-0.39, 0.29) is 11.9 Å². The first-order valence-electron chi connectivity index (χ1n) is 6.60. The van der Waals surface area contributed by atoms with Gasteiger partial charge in [0.15, 0.2) is 0 Å². The first kappa shape index (κ1) is 12.6. The molecule has 1 unspecified atom stereocenters. The maximum absolute atomic E-state index is 13.0. The van der Waals surface area contributed by atoms with Crippen molar-refractivity contribution in [1.29, 1.82) is 0 Å². The normalized spacial score (nSPS) is 19.2. The molecule has 94 valence electrons. The number of aliphatic hydroxyl groups excluding tert-OH is 1. The van der Waals surface area contributed by atoms with E-state index in [4.69, 9.17) is 0 Å². The van der Waals surface area contributed by atoms with Gasteiger partial charge < -0.3 is 5.11 Å². The zero-order valence-corrected chi connectivity index (χ0v) is 10.5. The van der Waals surface area contributed by atoms with Gasteiger partial charge in [0.05, 0.1) is 6.10 Å². The third kappa shape index (κ3) is 3.29. The second-order valence-electron chi connectivity index (χ2n) is 5.24. The number of rotatable bonds is 3. The molecule has 0 radical (unpaired) electrons. The molecule has 1 fully saturated rings. The highest BCUT2D eigenvalue weighted by atomic mass is 19.1. The molecule has 1 aromatic rings. The molecule has 1 N–H and O–H groups in total. The molecule has 1 nitrogen and oxygen atoms in total. The maximum Gasteiger partial charge on any atom is 0.123 e. The molecule has 0 heterocycles. The summed E-state index contributed by atoms with van der Waals surface area (Å²) < 4.78 is 13.0. The topological polar surface area (TPSA) is 20.2 Å². The van der Waals surface area contributed by atoms with Crippen molar-refractivity contribution in [1.82, 2.24) is 0 Å². The van der Waals surface area contributed by atoms with Crippen LogP contribution in [-0.2, 0) is 6.42 Å². The third-order valence-corrected chi connectivity index (χ3v) is 3.93. The van der Waals surface area contributed by atoms with Crippen LogP contribution in [0.3, 0.4) is 0 Å². The highest BCUT2D eigenvalue weighted by Crippen LogP contribution is 2.28. The SMILES string of the molecule is Cc1cc(F)ccc1CC(O)C1CCCCC1. The van der Waals surface area contributed by atoms with Gasteiger partial charge in [-0.1, -0.05) is 25.3 Å². The predicted octanol–water partition coefficient (Wildman–Crippen LogP) is 3.62. The van der Waals surface area contributed by atoms with E-state index < -0.39 is 0 Å². The van der Waals surface area contributed by atoms with Gasteiger partial charge in [0.2, 0.25) is 0 Å². The van der Waals surface area contributed by atoms with Crippen molar-refractivity contribution in [2.24, 2.45) is 5.92 Å². The van der Waals surface area contributed by atoms with Gasteiger partial charge in [-0.3, -0.25) is 0 Å². The van der Waals surface area contributed by atoms with E-state index in [1.807, 2.05) is 6.92 Å². The second kappa shape index (κ2) is 5.63. The Labute approximate surface area is 103 Å². The minimum atomic E-state index is -0.264. The van der Waals surface area contributed by atoms with Gasteiger partial charge in [-0.05, 0) is 55.4 Å². The molecule has 0 aliphatic heterocycles. The summed E-state index contributed by atoms with van der Waals surface area (Å²) in [7, 11) is 0. The molecule has 0 spiro atoms. The first-order valence-corrected chi connectivity index (χ1v) is 6.60. The van der Waals surface area contributed by atoms with Crippen molar-refractivity contribution in [2.75, 3.05) is 0 Å². The minimum absolute atomic E-state index is 0.196. The fourth-order valence-corrected chi connectivity index (χ4v) is 2.80. The number of benzene rings is 1. The Morgan fingerprint density at radius 1 is 1.29 bits per heavy atom. The number of halogens is 1. The van der Waals surface area contributed by atoms with Gasteiger partial charge in [0, 0.05) is 0 Å². The van der Waals surface area contributed by atoms with E-state index in [0.717, 1.165) is 24.0 Å². The molecular weight excluding hydrogens is 215 g/mol. The van der Waals surface area contributed by atoms with Gasteiger partial charge in [0.1, 0.15) is 5.82 Å². The lowest BCUT2D eigenvalue weighted by Gasteiger charge is -2.27. The number of hydrogen-bond donors (Lipinski definition) is 1. The van der Waals surface area contributed by atoms with Crippen LogP contribution in [0, 0.1) is 18.7 Å². The number of aliphatic hydroxyl groups is 1. The molecule has 1 aliphatic rings. The van der Waals surface area contributed by atoms with Gasteiger partial charge in [-0.2, -0.15) is 0 Å². The van der Waals surface area contributed by atoms with E-state index in [1.54, 1.807) is 12.1 Å². The van der Waals surface area contributed by atoms with Gasteiger partial charge in [0.25, 0.3) is 0 Å². The van der Waals surface area contributed by atoms with Crippen LogP contribution in [0.15, 0.2) is 18.2 Å². The molecule has 1 aliphatic carbocycles. The standard InChI is InChI=1S/C15H21FO/c1-11-9-14(16)8-7-13(11)10-15(17)12-5-3-2-4-6-12/h7-9,12,15,17H,2-6,10H2,1H3. The summed E-state index contributed by atoms with van der Waals surface area (Å²) in [4.78, 5) is 0. The Bertz CT molecular complexity index is 369. The van der Waals surface area contributed by atoms with Crippen molar-refractivity contribution in [3.63, 3.8) is 0 Å². The monoisotopic (exact) mass is 236 g/mol. The Kier molecular flexibility index (Phi) is 4.16. The van der Waals surface area contributed by atoms with Gasteiger partial charge in [-0.15, -0.1) is 0 Å². The van der Waals surface area contributed by atoms with Gasteiger partial charge >= 0.3 is 0 Å². The van der Waals surface area contributed by atoms with E-state index >= 15 is 0 Å². The summed E-state index contributed by atoms with van der Waals surface area (Å²) in [5.74, 6) is 0.242. The molecule has 2 rings (SSSR count). The summed E-state index contributed by atoms with van der Waals surface area (Å²) >= 11 is 0. The van der Waals surface area contributed by atoms with Crippen LogP contribution in [0.25, 0.3) is 0 Å². The average molecular weight is 236 g/mol. The smallest absolute Gasteiger partial charge is 0.123 e. The van der Waals surface area contributed by atoms with Crippen molar-refractivity contribution < 1.29 is 9.50 Å². The van der Waals surface area contributed by atoms with Crippen LogP contribution in [-0.4, -0.2) is 11.2 Å². The third-order valence-electron chi connectivity index (χ3n) is 3.93.